The van der Waals surface area contributed by atoms with E-state index < -0.39 is 6.80 Å². The van der Waals surface area contributed by atoms with Crippen LogP contribution in [-0.2, 0) is 9.09 Å². The van der Waals surface area contributed by atoms with Crippen molar-refractivity contribution in [1.29, 1.82) is 0 Å². The van der Waals surface area contributed by atoms with E-state index in [9.17, 15) is 9.36 Å². The molecule has 0 amide bonds. The van der Waals surface area contributed by atoms with Crippen LogP contribution in [-0.4, -0.2) is 18.1 Å². The lowest BCUT2D eigenvalue weighted by molar-refractivity contribution is 0.104. The Morgan fingerprint density at radius 1 is 1.08 bits per heavy atom. The Labute approximate surface area is 156 Å². The molecule has 0 fully saturated rings. The van der Waals surface area contributed by atoms with Gasteiger partial charge in [-0.3, -0.25) is 9.32 Å². The van der Waals surface area contributed by atoms with Gasteiger partial charge in [-0.1, -0.05) is 42.8 Å². The second kappa shape index (κ2) is 7.55. The van der Waals surface area contributed by atoms with Crippen molar-refractivity contribution in [2.45, 2.75) is 20.3 Å². The molecule has 0 aliphatic heterocycles. The van der Waals surface area contributed by atoms with Crippen LogP contribution in [0, 0.1) is 0 Å². The minimum absolute atomic E-state index is 0.0837. The SMILES string of the molecule is CCCSP(=O)(OCC)Oc1cc2c(cc1Cl)-c1ccccc1C2=O. The summed E-state index contributed by atoms with van der Waals surface area (Å²) in [7, 11) is 0. The number of fused-ring (bicyclic) bond motifs is 3. The first-order chi connectivity index (χ1) is 12.0. The van der Waals surface area contributed by atoms with E-state index in [0.29, 0.717) is 21.9 Å². The van der Waals surface area contributed by atoms with Crippen LogP contribution in [0.2, 0.25) is 5.02 Å². The standard InChI is InChI=1S/C18H18ClO4PS/c1-3-9-25-24(21,22-4-2)23-17-11-15-14(10-16(17)19)12-7-5-6-8-13(12)18(15)20/h5-8,10-11H,3-4,9H2,1-2H3. The zero-order chi connectivity index (χ0) is 18.0. The van der Waals surface area contributed by atoms with Gasteiger partial charge in [-0.25, -0.2) is 4.57 Å². The predicted molar refractivity (Wildman–Crippen MR) is 103 cm³/mol. The molecule has 25 heavy (non-hydrogen) atoms. The van der Waals surface area contributed by atoms with Crippen molar-refractivity contribution in [1.82, 2.24) is 0 Å². The van der Waals surface area contributed by atoms with Gasteiger partial charge in [0.25, 0.3) is 0 Å². The van der Waals surface area contributed by atoms with E-state index in [1.807, 2.05) is 25.1 Å². The summed E-state index contributed by atoms with van der Waals surface area (Å²) < 4.78 is 23.9. The zero-order valence-corrected chi connectivity index (χ0v) is 16.4. The van der Waals surface area contributed by atoms with Gasteiger partial charge in [0.15, 0.2) is 5.78 Å². The second-order valence-corrected chi connectivity index (χ2v) is 10.0. The molecule has 7 heteroatoms. The molecule has 2 aromatic carbocycles. The highest BCUT2D eigenvalue weighted by Gasteiger charge is 2.31. The van der Waals surface area contributed by atoms with Crippen molar-refractivity contribution < 1.29 is 18.4 Å². The van der Waals surface area contributed by atoms with E-state index in [1.165, 1.54) is 0 Å². The molecule has 0 aromatic heterocycles. The van der Waals surface area contributed by atoms with Gasteiger partial charge >= 0.3 is 6.80 Å². The van der Waals surface area contributed by atoms with Crippen molar-refractivity contribution in [3.05, 3.63) is 52.5 Å². The van der Waals surface area contributed by atoms with Gasteiger partial charge in [0, 0.05) is 16.9 Å². The lowest BCUT2D eigenvalue weighted by Crippen LogP contribution is -1.99. The molecule has 2 aromatic rings. The van der Waals surface area contributed by atoms with Crippen molar-refractivity contribution >= 4 is 35.6 Å². The maximum atomic E-state index is 12.9. The Bertz CT molecular complexity index is 868. The summed E-state index contributed by atoms with van der Waals surface area (Å²) >= 11 is 7.48. The van der Waals surface area contributed by atoms with Crippen molar-refractivity contribution in [2.24, 2.45) is 0 Å². The minimum Gasteiger partial charge on any atom is -0.415 e. The largest absolute Gasteiger partial charge is 0.440 e. The van der Waals surface area contributed by atoms with Crippen LogP contribution in [0.5, 0.6) is 5.75 Å². The first-order valence-electron chi connectivity index (χ1n) is 8.05. The van der Waals surface area contributed by atoms with Crippen LogP contribution in [0.25, 0.3) is 11.1 Å². The third-order valence-electron chi connectivity index (χ3n) is 3.73. The van der Waals surface area contributed by atoms with Crippen molar-refractivity contribution in [2.75, 3.05) is 12.4 Å². The second-order valence-electron chi connectivity index (χ2n) is 5.49. The Morgan fingerprint density at radius 3 is 2.48 bits per heavy atom. The average molecular weight is 397 g/mol. The van der Waals surface area contributed by atoms with Crippen LogP contribution >= 0.6 is 29.8 Å². The van der Waals surface area contributed by atoms with Crippen LogP contribution in [0.3, 0.4) is 0 Å². The fourth-order valence-corrected chi connectivity index (χ4v) is 6.37. The van der Waals surface area contributed by atoms with Gasteiger partial charge in [0.1, 0.15) is 5.75 Å². The summed E-state index contributed by atoms with van der Waals surface area (Å²) in [5.74, 6) is 0.769. The molecule has 132 valence electrons. The number of hydrogen-bond acceptors (Lipinski definition) is 5. The van der Waals surface area contributed by atoms with Gasteiger partial charge in [-0.15, -0.1) is 0 Å². The fourth-order valence-electron chi connectivity index (χ4n) is 2.67. The quantitative estimate of drug-likeness (QED) is 0.444. The summed E-state index contributed by atoms with van der Waals surface area (Å²) in [6.07, 6.45) is 0.844. The molecular formula is C18H18ClO4PS. The molecule has 0 spiro atoms. The van der Waals surface area contributed by atoms with Gasteiger partial charge in [-0.05, 0) is 48.0 Å². The highest BCUT2D eigenvalue weighted by molar-refractivity contribution is 8.55. The molecular weight excluding hydrogens is 379 g/mol. The maximum Gasteiger partial charge on any atom is 0.440 e. The number of rotatable bonds is 7. The van der Waals surface area contributed by atoms with E-state index in [2.05, 4.69) is 0 Å². The van der Waals surface area contributed by atoms with E-state index in [4.69, 9.17) is 20.6 Å². The van der Waals surface area contributed by atoms with Crippen LogP contribution in [0.15, 0.2) is 36.4 Å². The van der Waals surface area contributed by atoms with Crippen LogP contribution < -0.4 is 4.52 Å². The summed E-state index contributed by atoms with van der Waals surface area (Å²) in [6.45, 7) is 0.627. The fraction of sp³-hybridized carbons (Fsp3) is 0.278. The molecule has 0 heterocycles. The first-order valence-corrected chi connectivity index (χ1v) is 11.6. The van der Waals surface area contributed by atoms with E-state index in [1.54, 1.807) is 25.1 Å². The molecule has 1 atom stereocenters. The predicted octanol–water partition coefficient (Wildman–Crippen LogP) is 6.22. The Hall–Kier alpha value is -1.26. The molecule has 1 aliphatic rings. The number of carbonyl (C=O) groups is 1. The third-order valence-corrected chi connectivity index (χ3v) is 7.96. The molecule has 0 radical (unpaired) electrons. The van der Waals surface area contributed by atoms with E-state index in [0.717, 1.165) is 28.9 Å². The van der Waals surface area contributed by atoms with Gasteiger partial charge in [0.05, 0.1) is 11.6 Å². The van der Waals surface area contributed by atoms with Crippen molar-refractivity contribution in [3.63, 3.8) is 0 Å². The lowest BCUT2D eigenvalue weighted by Gasteiger charge is -2.18. The summed E-state index contributed by atoms with van der Waals surface area (Å²) in [5, 5.41) is 0.306. The Balaban J connectivity index is 1.98. The maximum absolute atomic E-state index is 12.9. The Kier molecular flexibility index (Phi) is 5.59. The molecule has 0 saturated heterocycles. The molecule has 1 aliphatic carbocycles. The van der Waals surface area contributed by atoms with Gasteiger partial charge < -0.3 is 4.52 Å². The third kappa shape index (κ3) is 3.65. The zero-order valence-electron chi connectivity index (χ0n) is 14.0. The summed E-state index contributed by atoms with van der Waals surface area (Å²) in [4.78, 5) is 12.6. The molecule has 4 nitrogen and oxygen atoms in total. The topological polar surface area (TPSA) is 52.6 Å². The lowest BCUT2D eigenvalue weighted by atomic mass is 10.1. The first kappa shape index (κ1) is 18.5. The highest BCUT2D eigenvalue weighted by atomic mass is 35.5. The number of hydrogen-bond donors (Lipinski definition) is 0. The minimum atomic E-state index is -3.38. The number of ketones is 1. The molecule has 0 saturated carbocycles. The molecule has 1 unspecified atom stereocenters. The molecule has 0 bridgehead atoms. The number of halogens is 1. The van der Waals surface area contributed by atoms with Crippen molar-refractivity contribution in [3.8, 4) is 16.9 Å². The summed E-state index contributed by atoms with van der Waals surface area (Å²) in [6, 6.07) is 10.6. The normalized spacial score (nSPS) is 14.8. The smallest absolute Gasteiger partial charge is 0.415 e. The Morgan fingerprint density at radius 2 is 1.80 bits per heavy atom. The van der Waals surface area contributed by atoms with E-state index in [-0.39, 0.29) is 18.1 Å². The molecule has 0 N–H and O–H groups in total. The van der Waals surface area contributed by atoms with Gasteiger partial charge in [-0.2, -0.15) is 0 Å². The van der Waals surface area contributed by atoms with Crippen LogP contribution in [0.1, 0.15) is 36.2 Å². The average Bonchev–Trinajstić information content (AvgIpc) is 2.86. The monoisotopic (exact) mass is 396 g/mol. The number of carbonyl (C=O) groups excluding carboxylic acids is 1. The van der Waals surface area contributed by atoms with E-state index >= 15 is 0 Å². The summed E-state index contributed by atoms with van der Waals surface area (Å²) in [5.41, 5.74) is 2.76. The number of benzene rings is 2. The van der Waals surface area contributed by atoms with Crippen LogP contribution in [0.4, 0.5) is 0 Å². The highest BCUT2D eigenvalue weighted by Crippen LogP contribution is 2.61. The van der Waals surface area contributed by atoms with Gasteiger partial charge in [0.2, 0.25) is 0 Å². The molecule has 3 rings (SSSR count).